The van der Waals surface area contributed by atoms with E-state index in [1.54, 1.807) is 25.4 Å². The molecule has 0 aromatic carbocycles. The fraction of sp³-hybridized carbons (Fsp3) is 0.500. The van der Waals surface area contributed by atoms with Crippen LogP contribution < -0.4 is 5.32 Å². The lowest BCUT2D eigenvalue weighted by atomic mass is 9.92. The third-order valence-electron chi connectivity index (χ3n) is 4.03. The molecular formula is C16H21N5O2. The predicted octanol–water partition coefficient (Wildman–Crippen LogP) is 2.11. The smallest absolute Gasteiger partial charge is 0.231 e. The van der Waals surface area contributed by atoms with Gasteiger partial charge in [0.15, 0.2) is 0 Å². The van der Waals surface area contributed by atoms with Gasteiger partial charge < -0.3 is 14.6 Å². The number of aromatic nitrogens is 4. The van der Waals surface area contributed by atoms with Crippen molar-refractivity contribution in [3.63, 3.8) is 0 Å². The van der Waals surface area contributed by atoms with E-state index in [-0.39, 0.29) is 17.9 Å². The molecule has 23 heavy (non-hydrogen) atoms. The van der Waals surface area contributed by atoms with Crippen molar-refractivity contribution in [1.29, 1.82) is 0 Å². The minimum atomic E-state index is -0.318. The number of ether oxygens (including phenoxy) is 1. The number of rotatable bonds is 4. The molecule has 2 atom stereocenters. The minimum absolute atomic E-state index is 0.0848. The number of carbonyl (C=O) groups is 1. The maximum Gasteiger partial charge on any atom is 0.231 e. The fourth-order valence-electron chi connectivity index (χ4n) is 2.89. The summed E-state index contributed by atoms with van der Waals surface area (Å²) in [7, 11) is 0. The van der Waals surface area contributed by atoms with Gasteiger partial charge in [-0.05, 0) is 32.8 Å². The Balaban J connectivity index is 1.79. The van der Waals surface area contributed by atoms with Gasteiger partial charge in [-0.25, -0.2) is 15.0 Å². The number of hydrogen-bond acceptors (Lipinski definition) is 5. The summed E-state index contributed by atoms with van der Waals surface area (Å²) >= 11 is 0. The number of amides is 1. The number of hydrogen-bond donors (Lipinski definition) is 1. The van der Waals surface area contributed by atoms with Crippen molar-refractivity contribution in [2.45, 2.75) is 39.3 Å². The summed E-state index contributed by atoms with van der Waals surface area (Å²) in [6, 6.07) is 1.69. The SMILES string of the molecule is CCn1ccnc1[C@@H]1OCCC[C@H]1C(=O)Nc1ccnc(C)n1. The molecule has 0 spiro atoms. The first-order valence-corrected chi connectivity index (χ1v) is 7.92. The van der Waals surface area contributed by atoms with Gasteiger partial charge in [0.05, 0.1) is 5.92 Å². The standard InChI is InChI=1S/C16H21N5O2/c1-3-21-9-8-18-15(21)14-12(5-4-10-23-14)16(22)20-13-6-7-17-11(2)19-13/h6-9,12,14H,3-5,10H2,1-2H3,(H,17,19,20,22)/t12-,14-/m1/s1. The van der Waals surface area contributed by atoms with Gasteiger partial charge in [0, 0.05) is 31.7 Å². The summed E-state index contributed by atoms with van der Waals surface area (Å²) in [6.45, 7) is 5.29. The molecule has 0 saturated carbocycles. The number of imidazole rings is 1. The number of nitrogens with one attached hydrogen (secondary N) is 1. The molecule has 7 nitrogen and oxygen atoms in total. The highest BCUT2D eigenvalue weighted by Gasteiger charge is 2.35. The summed E-state index contributed by atoms with van der Waals surface area (Å²) in [5, 5.41) is 2.87. The first-order chi connectivity index (χ1) is 11.2. The Labute approximate surface area is 135 Å². The van der Waals surface area contributed by atoms with Crippen LogP contribution in [0.15, 0.2) is 24.7 Å². The maximum absolute atomic E-state index is 12.7. The zero-order valence-corrected chi connectivity index (χ0v) is 13.4. The Morgan fingerprint density at radius 2 is 2.30 bits per heavy atom. The number of aryl methyl sites for hydroxylation is 2. The monoisotopic (exact) mass is 315 g/mol. The predicted molar refractivity (Wildman–Crippen MR) is 84.7 cm³/mol. The molecule has 0 unspecified atom stereocenters. The first-order valence-electron chi connectivity index (χ1n) is 7.92. The molecule has 7 heteroatoms. The summed E-state index contributed by atoms with van der Waals surface area (Å²) in [5.74, 6) is 1.60. The van der Waals surface area contributed by atoms with Crippen LogP contribution in [-0.4, -0.2) is 32.0 Å². The van der Waals surface area contributed by atoms with E-state index in [0.717, 1.165) is 25.2 Å². The molecule has 1 aliphatic heterocycles. The lowest BCUT2D eigenvalue weighted by molar-refractivity contribution is -0.130. The Bertz CT molecular complexity index is 685. The van der Waals surface area contributed by atoms with Crippen LogP contribution in [0.1, 0.15) is 37.5 Å². The van der Waals surface area contributed by atoms with E-state index in [2.05, 4.69) is 20.3 Å². The molecule has 2 aromatic heterocycles. The van der Waals surface area contributed by atoms with E-state index in [1.807, 2.05) is 17.7 Å². The molecule has 1 amide bonds. The molecule has 122 valence electrons. The zero-order valence-electron chi connectivity index (χ0n) is 13.4. The summed E-state index contributed by atoms with van der Waals surface area (Å²) in [6.07, 6.45) is 6.62. The lowest BCUT2D eigenvalue weighted by Gasteiger charge is -2.30. The average Bonchev–Trinajstić information content (AvgIpc) is 3.03. The van der Waals surface area contributed by atoms with Gasteiger partial charge in [-0.3, -0.25) is 4.79 Å². The van der Waals surface area contributed by atoms with Crippen LogP contribution in [0.2, 0.25) is 0 Å². The highest BCUT2D eigenvalue weighted by Crippen LogP contribution is 2.33. The van der Waals surface area contributed by atoms with Crippen molar-refractivity contribution < 1.29 is 9.53 Å². The van der Waals surface area contributed by atoms with E-state index >= 15 is 0 Å². The van der Waals surface area contributed by atoms with Crippen molar-refractivity contribution in [3.8, 4) is 0 Å². The van der Waals surface area contributed by atoms with Crippen LogP contribution in [0.25, 0.3) is 0 Å². The van der Waals surface area contributed by atoms with Crippen molar-refractivity contribution in [2.75, 3.05) is 11.9 Å². The van der Waals surface area contributed by atoms with Crippen molar-refractivity contribution in [3.05, 3.63) is 36.3 Å². The second-order valence-electron chi connectivity index (χ2n) is 5.59. The highest BCUT2D eigenvalue weighted by atomic mass is 16.5. The molecule has 1 fully saturated rings. The Hall–Kier alpha value is -2.28. The number of carbonyl (C=O) groups excluding carboxylic acids is 1. The van der Waals surface area contributed by atoms with Crippen LogP contribution in [0.4, 0.5) is 5.82 Å². The highest BCUT2D eigenvalue weighted by molar-refractivity contribution is 5.92. The largest absolute Gasteiger partial charge is 0.369 e. The zero-order chi connectivity index (χ0) is 16.2. The molecular weight excluding hydrogens is 294 g/mol. The quantitative estimate of drug-likeness (QED) is 0.934. The van der Waals surface area contributed by atoms with E-state index in [1.165, 1.54) is 0 Å². The fourth-order valence-corrected chi connectivity index (χ4v) is 2.89. The number of anilines is 1. The first kappa shape index (κ1) is 15.6. The summed E-state index contributed by atoms with van der Waals surface area (Å²) in [4.78, 5) is 25.4. The van der Waals surface area contributed by atoms with Crippen molar-refractivity contribution in [2.24, 2.45) is 5.92 Å². The minimum Gasteiger partial charge on any atom is -0.369 e. The van der Waals surface area contributed by atoms with Crippen LogP contribution in [0.5, 0.6) is 0 Å². The van der Waals surface area contributed by atoms with Gasteiger partial charge in [0.25, 0.3) is 0 Å². The van der Waals surface area contributed by atoms with E-state index < -0.39 is 0 Å². The maximum atomic E-state index is 12.7. The Kier molecular flexibility index (Phi) is 4.66. The van der Waals surface area contributed by atoms with Gasteiger partial charge >= 0.3 is 0 Å². The molecule has 1 N–H and O–H groups in total. The number of nitrogens with zero attached hydrogens (tertiary/aromatic N) is 4. The van der Waals surface area contributed by atoms with Gasteiger partial charge in [-0.1, -0.05) is 0 Å². The molecule has 3 rings (SSSR count). The second-order valence-corrected chi connectivity index (χ2v) is 5.59. The molecule has 0 aliphatic carbocycles. The normalized spacial score (nSPS) is 21.1. The lowest BCUT2D eigenvalue weighted by Crippen LogP contribution is -2.34. The van der Waals surface area contributed by atoms with E-state index in [9.17, 15) is 4.79 Å². The molecule has 3 heterocycles. The third kappa shape index (κ3) is 3.39. The van der Waals surface area contributed by atoms with Crippen LogP contribution in [-0.2, 0) is 16.1 Å². The molecule has 1 aliphatic rings. The van der Waals surface area contributed by atoms with Crippen LogP contribution >= 0.6 is 0 Å². The van der Waals surface area contributed by atoms with Gasteiger partial charge in [-0.15, -0.1) is 0 Å². The van der Waals surface area contributed by atoms with Gasteiger partial charge in [0.2, 0.25) is 5.91 Å². The Morgan fingerprint density at radius 1 is 1.43 bits per heavy atom. The average molecular weight is 315 g/mol. The van der Waals surface area contributed by atoms with Crippen molar-refractivity contribution in [1.82, 2.24) is 19.5 Å². The Morgan fingerprint density at radius 3 is 3.09 bits per heavy atom. The van der Waals surface area contributed by atoms with E-state index in [0.29, 0.717) is 18.2 Å². The molecule has 2 aromatic rings. The van der Waals surface area contributed by atoms with Crippen molar-refractivity contribution >= 4 is 11.7 Å². The molecule has 0 bridgehead atoms. The van der Waals surface area contributed by atoms with Gasteiger partial charge in [-0.2, -0.15) is 0 Å². The summed E-state index contributed by atoms with van der Waals surface area (Å²) < 4.78 is 7.90. The topological polar surface area (TPSA) is 81.9 Å². The van der Waals surface area contributed by atoms with Gasteiger partial charge in [0.1, 0.15) is 23.6 Å². The van der Waals surface area contributed by atoms with E-state index in [4.69, 9.17) is 4.74 Å². The summed E-state index contributed by atoms with van der Waals surface area (Å²) in [5.41, 5.74) is 0. The molecule has 0 radical (unpaired) electrons. The third-order valence-corrected chi connectivity index (χ3v) is 4.03. The van der Waals surface area contributed by atoms with Crippen LogP contribution in [0.3, 0.4) is 0 Å². The van der Waals surface area contributed by atoms with Crippen LogP contribution in [0, 0.1) is 12.8 Å². The molecule has 1 saturated heterocycles. The second kappa shape index (κ2) is 6.87.